The van der Waals surface area contributed by atoms with Crippen molar-refractivity contribution in [3.63, 3.8) is 0 Å². The van der Waals surface area contributed by atoms with Crippen molar-refractivity contribution in [2.75, 3.05) is 6.54 Å². The van der Waals surface area contributed by atoms with Crippen LogP contribution in [-0.4, -0.2) is 52.6 Å². The summed E-state index contributed by atoms with van der Waals surface area (Å²) in [6.07, 6.45) is -0.00455. The molecule has 2 amide bonds. The van der Waals surface area contributed by atoms with Gasteiger partial charge < -0.3 is 26.6 Å². The highest BCUT2D eigenvalue weighted by molar-refractivity contribution is 5.92. The second kappa shape index (κ2) is 8.90. The number of aliphatic carboxylic acids is 2. The third kappa shape index (κ3) is 7.25. The Morgan fingerprint density at radius 3 is 2.10 bits per heavy atom. The number of carboxylic acids is 2. The van der Waals surface area contributed by atoms with Crippen molar-refractivity contribution >= 4 is 23.8 Å². The number of nitrogens with two attached hydrogens (primary N) is 1. The van der Waals surface area contributed by atoms with Crippen LogP contribution in [0.4, 0.5) is 0 Å². The molecule has 0 aromatic heterocycles. The number of rotatable bonds is 9. The zero-order valence-electron chi connectivity index (χ0n) is 12.0. The number of hydrogen-bond donors (Lipinski definition) is 5. The molecule has 0 saturated carbocycles. The lowest BCUT2D eigenvalue weighted by Crippen LogP contribution is -2.55. The standard InChI is InChI=1S/C12H21N3O6/c1-3-6(2)10(12(21)14-5-9(18)19)15-11(20)7(13)4-8(16)17/h6-7,10H,3-5,13H2,1-2H3,(H,14,21)(H,15,20)(H,16,17)(H,18,19). The lowest BCUT2D eigenvalue weighted by molar-refractivity contribution is -0.140. The van der Waals surface area contributed by atoms with E-state index < -0.39 is 48.8 Å². The first-order valence-corrected chi connectivity index (χ1v) is 6.46. The molecule has 0 radical (unpaired) electrons. The molecular weight excluding hydrogens is 282 g/mol. The molecule has 9 nitrogen and oxygen atoms in total. The summed E-state index contributed by atoms with van der Waals surface area (Å²) in [6.45, 7) is 2.93. The Hall–Kier alpha value is -2.16. The van der Waals surface area contributed by atoms with Crippen LogP contribution >= 0.6 is 0 Å². The molecule has 0 aliphatic heterocycles. The molecule has 0 aliphatic carbocycles. The van der Waals surface area contributed by atoms with E-state index in [0.717, 1.165) is 0 Å². The summed E-state index contributed by atoms with van der Waals surface area (Å²) in [4.78, 5) is 44.6. The Bertz CT molecular complexity index is 412. The van der Waals surface area contributed by atoms with E-state index in [2.05, 4.69) is 10.6 Å². The lowest BCUT2D eigenvalue weighted by atomic mass is 9.97. The predicted molar refractivity (Wildman–Crippen MR) is 72.3 cm³/mol. The molecule has 0 rings (SSSR count). The van der Waals surface area contributed by atoms with Crippen molar-refractivity contribution in [1.82, 2.24) is 10.6 Å². The molecule has 3 unspecified atom stereocenters. The lowest BCUT2D eigenvalue weighted by Gasteiger charge is -2.24. The van der Waals surface area contributed by atoms with Crippen molar-refractivity contribution in [3.05, 3.63) is 0 Å². The summed E-state index contributed by atoms with van der Waals surface area (Å²) in [5, 5.41) is 21.6. The summed E-state index contributed by atoms with van der Waals surface area (Å²) in [5.74, 6) is -4.12. The van der Waals surface area contributed by atoms with E-state index in [1.54, 1.807) is 13.8 Å². The van der Waals surface area contributed by atoms with E-state index in [1.807, 2.05) is 0 Å². The maximum Gasteiger partial charge on any atom is 0.322 e. The van der Waals surface area contributed by atoms with Crippen LogP contribution in [-0.2, 0) is 19.2 Å². The zero-order chi connectivity index (χ0) is 16.6. The van der Waals surface area contributed by atoms with Crippen molar-refractivity contribution < 1.29 is 29.4 Å². The quantitative estimate of drug-likeness (QED) is 0.347. The van der Waals surface area contributed by atoms with E-state index >= 15 is 0 Å². The van der Waals surface area contributed by atoms with Crippen molar-refractivity contribution in [2.45, 2.75) is 38.8 Å². The van der Waals surface area contributed by atoms with Gasteiger partial charge in [-0.15, -0.1) is 0 Å². The number of carbonyl (C=O) groups excluding carboxylic acids is 2. The highest BCUT2D eigenvalue weighted by atomic mass is 16.4. The summed E-state index contributed by atoms with van der Waals surface area (Å²) in [6, 6.07) is -2.25. The fraction of sp³-hybridized carbons (Fsp3) is 0.667. The largest absolute Gasteiger partial charge is 0.481 e. The Balaban J connectivity index is 4.76. The van der Waals surface area contributed by atoms with Crippen LogP contribution in [0.2, 0.25) is 0 Å². The predicted octanol–water partition coefficient (Wildman–Crippen LogP) is -1.48. The number of carbonyl (C=O) groups is 4. The van der Waals surface area contributed by atoms with Crippen LogP contribution in [0.25, 0.3) is 0 Å². The van der Waals surface area contributed by atoms with Crippen LogP contribution in [0.1, 0.15) is 26.7 Å². The maximum absolute atomic E-state index is 11.9. The van der Waals surface area contributed by atoms with Crippen LogP contribution in [0.3, 0.4) is 0 Å². The van der Waals surface area contributed by atoms with Crippen LogP contribution in [0, 0.1) is 5.92 Å². The van der Waals surface area contributed by atoms with Gasteiger partial charge in [0.25, 0.3) is 0 Å². The second-order valence-corrected chi connectivity index (χ2v) is 4.69. The monoisotopic (exact) mass is 303 g/mol. The molecule has 21 heavy (non-hydrogen) atoms. The molecule has 0 spiro atoms. The SMILES string of the molecule is CCC(C)C(NC(=O)C(N)CC(=O)O)C(=O)NCC(=O)O. The van der Waals surface area contributed by atoms with Gasteiger partial charge in [0.15, 0.2) is 0 Å². The zero-order valence-corrected chi connectivity index (χ0v) is 12.0. The average molecular weight is 303 g/mol. The second-order valence-electron chi connectivity index (χ2n) is 4.69. The van der Waals surface area contributed by atoms with Gasteiger partial charge in [0.05, 0.1) is 12.5 Å². The normalized spacial score (nSPS) is 14.6. The molecule has 0 aromatic rings. The Morgan fingerprint density at radius 2 is 1.67 bits per heavy atom. The molecule has 9 heteroatoms. The highest BCUT2D eigenvalue weighted by Gasteiger charge is 2.28. The smallest absolute Gasteiger partial charge is 0.322 e. The molecule has 0 fully saturated rings. The summed E-state index contributed by atoms with van der Waals surface area (Å²) in [7, 11) is 0. The van der Waals surface area contributed by atoms with Crippen LogP contribution in [0.5, 0.6) is 0 Å². The fourth-order valence-corrected chi connectivity index (χ4v) is 1.52. The molecule has 0 heterocycles. The van der Waals surface area contributed by atoms with Gasteiger partial charge in [-0.05, 0) is 5.92 Å². The topological polar surface area (TPSA) is 159 Å². The summed E-state index contributed by atoms with van der Waals surface area (Å²) in [5.41, 5.74) is 5.41. The Morgan fingerprint density at radius 1 is 1.10 bits per heavy atom. The summed E-state index contributed by atoms with van der Waals surface area (Å²) < 4.78 is 0. The molecule has 0 aliphatic rings. The van der Waals surface area contributed by atoms with Gasteiger partial charge in [0.2, 0.25) is 11.8 Å². The minimum absolute atomic E-state index is 0.264. The number of amides is 2. The molecule has 0 aromatic carbocycles. The van der Waals surface area contributed by atoms with E-state index in [0.29, 0.717) is 6.42 Å². The molecule has 0 saturated heterocycles. The Kier molecular flexibility index (Phi) is 7.99. The first-order chi connectivity index (χ1) is 9.68. The molecule has 0 bridgehead atoms. The van der Waals surface area contributed by atoms with Crippen molar-refractivity contribution in [2.24, 2.45) is 11.7 Å². The van der Waals surface area contributed by atoms with Gasteiger partial charge in [-0.3, -0.25) is 19.2 Å². The molecule has 120 valence electrons. The van der Waals surface area contributed by atoms with Crippen LogP contribution < -0.4 is 16.4 Å². The minimum atomic E-state index is -1.28. The molecule has 3 atom stereocenters. The van der Waals surface area contributed by atoms with Gasteiger partial charge in [-0.2, -0.15) is 0 Å². The minimum Gasteiger partial charge on any atom is -0.481 e. The van der Waals surface area contributed by atoms with E-state index in [4.69, 9.17) is 15.9 Å². The van der Waals surface area contributed by atoms with Gasteiger partial charge in [0.1, 0.15) is 12.6 Å². The number of nitrogens with one attached hydrogen (secondary N) is 2. The van der Waals surface area contributed by atoms with Gasteiger partial charge in [-0.1, -0.05) is 20.3 Å². The average Bonchev–Trinajstić information content (AvgIpc) is 2.40. The third-order valence-electron chi connectivity index (χ3n) is 2.94. The summed E-state index contributed by atoms with van der Waals surface area (Å²) >= 11 is 0. The van der Waals surface area contributed by atoms with Gasteiger partial charge in [-0.25, -0.2) is 0 Å². The van der Waals surface area contributed by atoms with E-state index in [-0.39, 0.29) is 5.92 Å². The van der Waals surface area contributed by atoms with E-state index in [9.17, 15) is 19.2 Å². The van der Waals surface area contributed by atoms with Gasteiger partial charge >= 0.3 is 11.9 Å². The first-order valence-electron chi connectivity index (χ1n) is 6.46. The molecular formula is C12H21N3O6. The van der Waals surface area contributed by atoms with E-state index in [1.165, 1.54) is 0 Å². The number of carboxylic acid groups (broad SMARTS) is 2. The van der Waals surface area contributed by atoms with Crippen LogP contribution in [0.15, 0.2) is 0 Å². The molecule has 6 N–H and O–H groups in total. The fourth-order valence-electron chi connectivity index (χ4n) is 1.52. The van der Waals surface area contributed by atoms with Gasteiger partial charge in [0, 0.05) is 0 Å². The maximum atomic E-state index is 11.9. The third-order valence-corrected chi connectivity index (χ3v) is 2.94. The number of hydrogen-bond acceptors (Lipinski definition) is 5. The Labute approximate surface area is 121 Å². The van der Waals surface area contributed by atoms with Crippen molar-refractivity contribution in [1.29, 1.82) is 0 Å². The van der Waals surface area contributed by atoms with Crippen molar-refractivity contribution in [3.8, 4) is 0 Å². The highest BCUT2D eigenvalue weighted by Crippen LogP contribution is 2.08. The first kappa shape index (κ1) is 18.8.